The molecule has 0 bridgehead atoms. The number of benzene rings is 1. The second-order valence-corrected chi connectivity index (χ2v) is 8.16. The van der Waals surface area contributed by atoms with E-state index in [1.165, 1.54) is 16.7 Å². The third-order valence-corrected chi connectivity index (χ3v) is 5.18. The molecule has 25 heavy (non-hydrogen) atoms. The third kappa shape index (κ3) is 3.43. The summed E-state index contributed by atoms with van der Waals surface area (Å²) in [6.45, 7) is 8.35. The van der Waals surface area contributed by atoms with Gasteiger partial charge in [0.2, 0.25) is 6.41 Å². The highest BCUT2D eigenvalue weighted by Gasteiger charge is 2.31. The Bertz CT molecular complexity index is 795. The molecule has 1 aromatic heterocycles. The number of amides is 1. The highest BCUT2D eigenvalue weighted by Crippen LogP contribution is 2.41. The molecule has 0 spiro atoms. The zero-order valence-corrected chi connectivity index (χ0v) is 16.1. The smallest absolute Gasteiger partial charge is 0.214 e. The van der Waals surface area contributed by atoms with Gasteiger partial charge in [0.05, 0.1) is 10.7 Å². The number of pyridine rings is 1. The van der Waals surface area contributed by atoms with Gasteiger partial charge < -0.3 is 4.90 Å². The first-order valence-electron chi connectivity index (χ1n) is 8.84. The molecule has 0 aliphatic heterocycles. The van der Waals surface area contributed by atoms with Gasteiger partial charge in [0.1, 0.15) is 0 Å². The average Bonchev–Trinajstić information content (AvgIpc) is 2.97. The number of para-hydroxylation sites is 1. The Kier molecular flexibility index (Phi) is 4.88. The van der Waals surface area contributed by atoms with E-state index >= 15 is 0 Å². The molecule has 0 radical (unpaired) electrons. The summed E-state index contributed by atoms with van der Waals surface area (Å²) in [5, 5.41) is 0.686. The van der Waals surface area contributed by atoms with E-state index in [2.05, 4.69) is 50.9 Å². The molecular formula is C21H25ClN2O. The Balaban J connectivity index is 2.07. The monoisotopic (exact) mass is 356 g/mol. The van der Waals surface area contributed by atoms with Crippen molar-refractivity contribution in [3.05, 3.63) is 57.9 Å². The van der Waals surface area contributed by atoms with E-state index in [0.717, 1.165) is 37.1 Å². The van der Waals surface area contributed by atoms with Gasteiger partial charge in [-0.3, -0.25) is 9.78 Å². The lowest BCUT2D eigenvalue weighted by Crippen LogP contribution is -2.41. The molecular weight excluding hydrogens is 332 g/mol. The number of hydrogen-bond acceptors (Lipinski definition) is 2. The molecule has 1 unspecified atom stereocenters. The molecule has 0 saturated carbocycles. The molecule has 2 aromatic rings. The molecule has 4 heteroatoms. The van der Waals surface area contributed by atoms with Gasteiger partial charge in [0.15, 0.2) is 0 Å². The summed E-state index contributed by atoms with van der Waals surface area (Å²) in [4.78, 5) is 18.3. The van der Waals surface area contributed by atoms with Crippen molar-refractivity contribution in [2.45, 2.75) is 58.4 Å². The Morgan fingerprint density at radius 3 is 2.72 bits per heavy atom. The average molecular weight is 357 g/mol. The summed E-state index contributed by atoms with van der Waals surface area (Å²) in [5.41, 5.74) is 5.58. The fourth-order valence-electron chi connectivity index (χ4n) is 3.73. The van der Waals surface area contributed by atoms with Crippen LogP contribution in [0.15, 0.2) is 30.5 Å². The molecule has 0 fully saturated rings. The molecule has 132 valence electrons. The quantitative estimate of drug-likeness (QED) is 0.727. The maximum absolute atomic E-state index is 11.9. The van der Waals surface area contributed by atoms with Gasteiger partial charge in [-0.25, -0.2) is 0 Å². The van der Waals surface area contributed by atoms with E-state index in [1.807, 2.05) is 11.0 Å². The molecule has 1 aliphatic carbocycles. The summed E-state index contributed by atoms with van der Waals surface area (Å²) in [6, 6.07) is 8.41. The molecule has 1 heterocycles. The van der Waals surface area contributed by atoms with Crippen molar-refractivity contribution in [3.63, 3.8) is 0 Å². The van der Waals surface area contributed by atoms with Gasteiger partial charge >= 0.3 is 0 Å². The number of halogens is 1. The molecule has 3 rings (SSSR count). The zero-order chi connectivity index (χ0) is 18.2. The Hall–Kier alpha value is -1.87. The highest BCUT2D eigenvalue weighted by atomic mass is 35.5. The van der Waals surface area contributed by atoms with Gasteiger partial charge in [-0.15, -0.1) is 0 Å². The number of aryl methyl sites for hydroxylation is 1. The van der Waals surface area contributed by atoms with Crippen LogP contribution in [0.4, 0.5) is 5.69 Å². The minimum absolute atomic E-state index is 0.269. The Morgan fingerprint density at radius 2 is 2.08 bits per heavy atom. The lowest BCUT2D eigenvalue weighted by molar-refractivity contribution is -0.108. The normalized spacial score (nSPS) is 16.6. The number of carbonyl (C=O) groups is 1. The minimum Gasteiger partial charge on any atom is -0.309 e. The first-order chi connectivity index (χ1) is 11.8. The van der Waals surface area contributed by atoms with E-state index in [-0.39, 0.29) is 5.54 Å². The summed E-state index contributed by atoms with van der Waals surface area (Å²) in [7, 11) is 0. The van der Waals surface area contributed by atoms with Crippen molar-refractivity contribution in [1.82, 2.24) is 4.98 Å². The Morgan fingerprint density at radius 1 is 1.32 bits per heavy atom. The predicted molar refractivity (Wildman–Crippen MR) is 104 cm³/mol. The number of hydrogen-bond donors (Lipinski definition) is 0. The lowest BCUT2D eigenvalue weighted by atomic mass is 9.90. The Labute approximate surface area is 155 Å². The van der Waals surface area contributed by atoms with Gasteiger partial charge in [0.25, 0.3) is 0 Å². The highest BCUT2D eigenvalue weighted by molar-refractivity contribution is 6.30. The van der Waals surface area contributed by atoms with Crippen LogP contribution in [-0.4, -0.2) is 16.9 Å². The van der Waals surface area contributed by atoms with Crippen LogP contribution in [0.1, 0.15) is 56.0 Å². The maximum atomic E-state index is 11.9. The van der Waals surface area contributed by atoms with Crippen LogP contribution in [0.25, 0.3) is 0 Å². The van der Waals surface area contributed by atoms with E-state index in [4.69, 9.17) is 11.6 Å². The number of rotatable bonds is 4. The molecule has 1 aliphatic rings. The molecule has 1 atom stereocenters. The van der Waals surface area contributed by atoms with Crippen LogP contribution < -0.4 is 4.90 Å². The molecule has 1 aromatic carbocycles. The third-order valence-electron chi connectivity index (χ3n) is 4.97. The van der Waals surface area contributed by atoms with Gasteiger partial charge in [0, 0.05) is 17.4 Å². The summed E-state index contributed by atoms with van der Waals surface area (Å²) >= 11 is 6.11. The number of anilines is 1. The van der Waals surface area contributed by atoms with Crippen LogP contribution in [0.5, 0.6) is 0 Å². The molecule has 3 nitrogen and oxygen atoms in total. The topological polar surface area (TPSA) is 33.2 Å². The van der Waals surface area contributed by atoms with Crippen molar-refractivity contribution < 1.29 is 4.79 Å². The van der Waals surface area contributed by atoms with E-state index < -0.39 is 0 Å². The molecule has 0 saturated heterocycles. The first kappa shape index (κ1) is 17.9. The lowest BCUT2D eigenvalue weighted by Gasteiger charge is -2.36. The zero-order valence-electron chi connectivity index (χ0n) is 15.3. The molecule has 0 N–H and O–H groups in total. The van der Waals surface area contributed by atoms with Crippen LogP contribution in [0, 0.1) is 0 Å². The van der Waals surface area contributed by atoms with Crippen LogP contribution in [0.2, 0.25) is 5.02 Å². The van der Waals surface area contributed by atoms with Crippen molar-refractivity contribution in [2.24, 2.45) is 0 Å². The van der Waals surface area contributed by atoms with Gasteiger partial charge in [-0.05, 0) is 68.7 Å². The van der Waals surface area contributed by atoms with Crippen LogP contribution in [0.3, 0.4) is 0 Å². The fourth-order valence-corrected chi connectivity index (χ4v) is 3.91. The standard InChI is InChI=1S/C21H25ClN2O/c1-5-14-7-6-8-18(20(14)24(13-25)21(2,3)4)15-9-16-10-17(22)12-23-19(16)11-15/h6-8,10,12-13,15H,5,9,11H2,1-4H3. The van der Waals surface area contributed by atoms with Gasteiger partial charge in [-0.1, -0.05) is 36.7 Å². The van der Waals surface area contributed by atoms with Gasteiger partial charge in [-0.2, -0.15) is 0 Å². The SMILES string of the molecule is CCc1cccc(C2Cc3cc(Cl)cnc3C2)c1N(C=O)C(C)(C)C. The van der Waals surface area contributed by atoms with E-state index in [1.54, 1.807) is 6.20 Å². The number of fused-ring (bicyclic) bond motifs is 1. The van der Waals surface area contributed by atoms with Crippen molar-refractivity contribution >= 4 is 23.7 Å². The summed E-state index contributed by atoms with van der Waals surface area (Å²) in [6.07, 6.45) is 5.39. The van der Waals surface area contributed by atoms with Crippen molar-refractivity contribution in [1.29, 1.82) is 0 Å². The number of nitrogens with zero attached hydrogens (tertiary/aromatic N) is 2. The van der Waals surface area contributed by atoms with E-state index in [9.17, 15) is 4.79 Å². The predicted octanol–water partition coefficient (Wildman–Crippen LogP) is 4.94. The summed E-state index contributed by atoms with van der Waals surface area (Å²) in [5.74, 6) is 0.326. The van der Waals surface area contributed by atoms with E-state index in [0.29, 0.717) is 10.9 Å². The second-order valence-electron chi connectivity index (χ2n) is 7.72. The van der Waals surface area contributed by atoms with Crippen LogP contribution >= 0.6 is 11.6 Å². The number of carbonyl (C=O) groups excluding carboxylic acids is 1. The summed E-state index contributed by atoms with van der Waals surface area (Å²) < 4.78 is 0. The fraction of sp³-hybridized carbons (Fsp3) is 0.429. The van der Waals surface area contributed by atoms with Crippen molar-refractivity contribution in [2.75, 3.05) is 4.90 Å². The van der Waals surface area contributed by atoms with Crippen LogP contribution in [-0.2, 0) is 24.1 Å². The second kappa shape index (κ2) is 6.80. The van der Waals surface area contributed by atoms with Crippen molar-refractivity contribution in [3.8, 4) is 0 Å². The number of aromatic nitrogens is 1. The molecule has 1 amide bonds. The minimum atomic E-state index is -0.269. The first-order valence-corrected chi connectivity index (χ1v) is 9.22. The largest absolute Gasteiger partial charge is 0.309 e. The maximum Gasteiger partial charge on any atom is 0.214 e.